The number of ether oxygens (including phenoxy) is 2. The van der Waals surface area contributed by atoms with Crippen molar-refractivity contribution in [2.45, 2.75) is 4.90 Å². The molecule has 0 atom stereocenters. The van der Waals surface area contributed by atoms with Crippen LogP contribution < -0.4 is 14.6 Å². The molecule has 0 amide bonds. The van der Waals surface area contributed by atoms with Crippen LogP contribution in [-0.2, 0) is 10.0 Å². The molecule has 0 aliphatic heterocycles. The van der Waals surface area contributed by atoms with E-state index < -0.39 is 21.7 Å². The van der Waals surface area contributed by atoms with Crippen molar-refractivity contribution in [2.75, 3.05) is 14.2 Å². The summed E-state index contributed by atoms with van der Waals surface area (Å²) < 4.78 is 62.0. The number of primary sulfonamides is 1. The number of sulfonamides is 1. The zero-order valence-electron chi connectivity index (χ0n) is 15.1. The molecule has 0 saturated carbocycles. The summed E-state index contributed by atoms with van der Waals surface area (Å²) in [4.78, 5) is -0.0773. The van der Waals surface area contributed by atoms with Crippen LogP contribution in [0, 0.1) is 11.6 Å². The van der Waals surface area contributed by atoms with E-state index in [1.54, 1.807) is 18.2 Å². The smallest absolute Gasteiger partial charge is 0.238 e. The standard InChI is InChI=1S/C20H17F2NO4S/c1-26-17-10-5-13(11-18(17)27-2)19-15(8-9-16(21)20(19)22)12-3-6-14(7-4-12)28(23,24)25/h3-11H,1-2H3,(H2,23,24,25). The fourth-order valence-electron chi connectivity index (χ4n) is 2.89. The van der Waals surface area contributed by atoms with Gasteiger partial charge in [-0.2, -0.15) is 0 Å². The van der Waals surface area contributed by atoms with Gasteiger partial charge in [0.25, 0.3) is 0 Å². The van der Waals surface area contributed by atoms with Gasteiger partial charge < -0.3 is 9.47 Å². The van der Waals surface area contributed by atoms with Crippen LogP contribution in [0.25, 0.3) is 22.3 Å². The number of hydrogen-bond acceptors (Lipinski definition) is 4. The quantitative estimate of drug-likeness (QED) is 0.697. The van der Waals surface area contributed by atoms with Gasteiger partial charge in [0.05, 0.1) is 19.1 Å². The average Bonchev–Trinajstić information content (AvgIpc) is 2.69. The lowest BCUT2D eigenvalue weighted by Crippen LogP contribution is -2.11. The van der Waals surface area contributed by atoms with Crippen molar-refractivity contribution < 1.29 is 26.7 Å². The van der Waals surface area contributed by atoms with E-state index in [1.807, 2.05) is 0 Å². The van der Waals surface area contributed by atoms with Gasteiger partial charge in [0, 0.05) is 5.56 Å². The molecule has 0 aromatic heterocycles. The molecule has 5 nitrogen and oxygen atoms in total. The highest BCUT2D eigenvalue weighted by Gasteiger charge is 2.19. The van der Waals surface area contributed by atoms with Gasteiger partial charge in [0.15, 0.2) is 23.1 Å². The summed E-state index contributed by atoms with van der Waals surface area (Å²) in [6.45, 7) is 0. The molecule has 28 heavy (non-hydrogen) atoms. The Morgan fingerprint density at radius 3 is 2.00 bits per heavy atom. The maximum absolute atomic E-state index is 14.8. The molecular formula is C20H17F2NO4S. The summed E-state index contributed by atoms with van der Waals surface area (Å²) in [5.74, 6) is -1.23. The lowest BCUT2D eigenvalue weighted by Gasteiger charge is -2.15. The molecule has 3 aromatic rings. The Labute approximate surface area is 161 Å². The predicted molar refractivity (Wildman–Crippen MR) is 102 cm³/mol. The summed E-state index contributed by atoms with van der Waals surface area (Å²) in [6, 6.07) is 12.7. The van der Waals surface area contributed by atoms with E-state index >= 15 is 0 Å². The van der Waals surface area contributed by atoms with Crippen LogP contribution in [0.5, 0.6) is 11.5 Å². The van der Waals surface area contributed by atoms with Crippen molar-refractivity contribution in [1.29, 1.82) is 0 Å². The molecular weight excluding hydrogens is 388 g/mol. The van der Waals surface area contributed by atoms with Gasteiger partial charge >= 0.3 is 0 Å². The lowest BCUT2D eigenvalue weighted by atomic mass is 9.93. The maximum Gasteiger partial charge on any atom is 0.238 e. The Kier molecular flexibility index (Phi) is 5.35. The highest BCUT2D eigenvalue weighted by molar-refractivity contribution is 7.89. The summed E-state index contributed by atoms with van der Waals surface area (Å²) in [7, 11) is -0.948. The van der Waals surface area contributed by atoms with Gasteiger partial charge in [-0.3, -0.25) is 0 Å². The number of halogens is 2. The van der Waals surface area contributed by atoms with Crippen molar-refractivity contribution in [3.05, 3.63) is 66.2 Å². The van der Waals surface area contributed by atoms with Crippen LogP contribution >= 0.6 is 0 Å². The third-order valence-electron chi connectivity index (χ3n) is 4.26. The summed E-state index contributed by atoms with van der Waals surface area (Å²) in [5.41, 5.74) is 1.27. The molecule has 0 radical (unpaired) electrons. The van der Waals surface area contributed by atoms with Crippen LogP contribution in [0.1, 0.15) is 0 Å². The van der Waals surface area contributed by atoms with Crippen molar-refractivity contribution >= 4 is 10.0 Å². The van der Waals surface area contributed by atoms with Crippen molar-refractivity contribution in [3.8, 4) is 33.8 Å². The van der Waals surface area contributed by atoms with E-state index in [1.165, 1.54) is 44.6 Å². The zero-order chi connectivity index (χ0) is 20.5. The minimum Gasteiger partial charge on any atom is -0.493 e. The van der Waals surface area contributed by atoms with E-state index in [4.69, 9.17) is 14.6 Å². The second-order valence-corrected chi connectivity index (χ2v) is 7.48. The zero-order valence-corrected chi connectivity index (χ0v) is 15.9. The number of nitrogens with two attached hydrogens (primary N) is 1. The highest BCUT2D eigenvalue weighted by Crippen LogP contribution is 2.39. The normalized spacial score (nSPS) is 11.3. The average molecular weight is 405 g/mol. The van der Waals surface area contributed by atoms with E-state index in [9.17, 15) is 17.2 Å². The van der Waals surface area contributed by atoms with Gasteiger partial charge in [0.2, 0.25) is 10.0 Å². The number of rotatable bonds is 5. The van der Waals surface area contributed by atoms with E-state index in [-0.39, 0.29) is 10.5 Å². The minimum absolute atomic E-state index is 0.0179. The van der Waals surface area contributed by atoms with E-state index in [2.05, 4.69) is 0 Å². The molecule has 0 bridgehead atoms. The third-order valence-corrected chi connectivity index (χ3v) is 5.19. The highest BCUT2D eigenvalue weighted by atomic mass is 32.2. The number of hydrogen-bond donors (Lipinski definition) is 1. The molecule has 0 heterocycles. The first-order valence-corrected chi connectivity index (χ1v) is 9.64. The van der Waals surface area contributed by atoms with Gasteiger partial charge in [-0.25, -0.2) is 22.3 Å². The molecule has 0 saturated heterocycles. The minimum atomic E-state index is -3.86. The van der Waals surface area contributed by atoms with Crippen LogP contribution in [0.15, 0.2) is 59.5 Å². The SMILES string of the molecule is COc1ccc(-c2c(-c3ccc(S(N)(=O)=O)cc3)ccc(F)c2F)cc1OC. The van der Waals surface area contributed by atoms with E-state index in [0.29, 0.717) is 28.2 Å². The Balaban J connectivity index is 2.21. The van der Waals surface area contributed by atoms with Crippen LogP contribution in [0.3, 0.4) is 0 Å². The summed E-state index contributed by atoms with van der Waals surface area (Å²) in [5, 5.41) is 5.11. The summed E-state index contributed by atoms with van der Waals surface area (Å²) in [6.07, 6.45) is 0. The molecule has 146 valence electrons. The Bertz CT molecular complexity index is 1130. The molecule has 0 fully saturated rings. The fourth-order valence-corrected chi connectivity index (χ4v) is 3.40. The first kappa shape index (κ1) is 19.8. The monoisotopic (exact) mass is 405 g/mol. The predicted octanol–water partition coefficient (Wildman–Crippen LogP) is 3.96. The van der Waals surface area contributed by atoms with Gasteiger partial charge in [-0.05, 0) is 47.0 Å². The van der Waals surface area contributed by atoms with Crippen LogP contribution in [-0.4, -0.2) is 22.6 Å². The largest absolute Gasteiger partial charge is 0.493 e. The molecule has 3 rings (SSSR count). The van der Waals surface area contributed by atoms with Crippen molar-refractivity contribution in [3.63, 3.8) is 0 Å². The lowest BCUT2D eigenvalue weighted by molar-refractivity contribution is 0.355. The van der Waals surface area contributed by atoms with Gasteiger partial charge in [-0.1, -0.05) is 24.3 Å². The van der Waals surface area contributed by atoms with Crippen molar-refractivity contribution in [1.82, 2.24) is 0 Å². The molecule has 0 unspecified atom stereocenters. The Hall–Kier alpha value is -2.97. The second-order valence-electron chi connectivity index (χ2n) is 5.92. The molecule has 0 aliphatic carbocycles. The Morgan fingerprint density at radius 1 is 0.821 bits per heavy atom. The van der Waals surface area contributed by atoms with Crippen LogP contribution in [0.2, 0.25) is 0 Å². The molecule has 2 N–H and O–H groups in total. The molecule has 8 heteroatoms. The topological polar surface area (TPSA) is 78.6 Å². The Morgan fingerprint density at radius 2 is 1.43 bits per heavy atom. The molecule has 0 aliphatic rings. The summed E-state index contributed by atoms with van der Waals surface area (Å²) >= 11 is 0. The van der Waals surface area contributed by atoms with E-state index in [0.717, 1.165) is 6.07 Å². The first-order chi connectivity index (χ1) is 13.3. The van der Waals surface area contributed by atoms with Gasteiger partial charge in [-0.15, -0.1) is 0 Å². The second kappa shape index (κ2) is 7.57. The fraction of sp³-hybridized carbons (Fsp3) is 0.100. The number of benzene rings is 3. The van der Waals surface area contributed by atoms with Crippen LogP contribution in [0.4, 0.5) is 8.78 Å². The first-order valence-electron chi connectivity index (χ1n) is 8.10. The molecule has 0 spiro atoms. The number of methoxy groups -OCH3 is 2. The van der Waals surface area contributed by atoms with Gasteiger partial charge in [0.1, 0.15) is 0 Å². The molecule has 3 aromatic carbocycles. The third kappa shape index (κ3) is 3.69. The maximum atomic E-state index is 14.8. The van der Waals surface area contributed by atoms with Crippen molar-refractivity contribution in [2.24, 2.45) is 5.14 Å².